The Bertz CT molecular complexity index is 369. The summed E-state index contributed by atoms with van der Waals surface area (Å²) in [5, 5.41) is 0. The summed E-state index contributed by atoms with van der Waals surface area (Å²) in [6.45, 7) is 0. The molecule has 0 amide bonds. The number of fused-ring (bicyclic) bond motifs is 1. The third kappa shape index (κ3) is 2.20. The van der Waals surface area contributed by atoms with Gasteiger partial charge in [0.25, 0.3) is 0 Å². The van der Waals surface area contributed by atoms with Gasteiger partial charge in [0.1, 0.15) is 0 Å². The average Bonchev–Trinajstić information content (AvgIpc) is 2.29. The van der Waals surface area contributed by atoms with Crippen molar-refractivity contribution < 1.29 is 9.53 Å². The fourth-order valence-electron chi connectivity index (χ4n) is 2.25. The van der Waals surface area contributed by atoms with Crippen LogP contribution >= 0.6 is 0 Å². The lowest BCUT2D eigenvalue weighted by atomic mass is 9.87. The number of hydrogen-bond acceptors (Lipinski definition) is 2. The van der Waals surface area contributed by atoms with Gasteiger partial charge in [0.15, 0.2) is 0 Å². The standard InChI is InChI=1S/C13H16O2/c1-15-13(14)9-11-7-4-6-10-5-2-3-8-12(10)11/h4,6-7H,2-3,5,8-9H2,1H3. The minimum absolute atomic E-state index is 0.144. The van der Waals surface area contributed by atoms with E-state index in [1.54, 1.807) is 0 Å². The van der Waals surface area contributed by atoms with Crippen LogP contribution in [-0.2, 0) is 28.8 Å². The van der Waals surface area contributed by atoms with E-state index in [1.165, 1.54) is 31.1 Å². The first-order valence-electron chi connectivity index (χ1n) is 5.47. The van der Waals surface area contributed by atoms with Crippen LogP contribution in [0, 0.1) is 0 Å². The molecule has 2 rings (SSSR count). The van der Waals surface area contributed by atoms with E-state index in [1.807, 2.05) is 12.1 Å². The second kappa shape index (κ2) is 4.47. The zero-order valence-corrected chi connectivity index (χ0v) is 9.08. The minimum atomic E-state index is -0.144. The molecule has 2 nitrogen and oxygen atoms in total. The van der Waals surface area contributed by atoms with Gasteiger partial charge in [-0.2, -0.15) is 0 Å². The van der Waals surface area contributed by atoms with Crippen molar-refractivity contribution >= 4 is 5.97 Å². The fraction of sp³-hybridized carbons (Fsp3) is 0.462. The summed E-state index contributed by atoms with van der Waals surface area (Å²) in [5.41, 5.74) is 3.95. The van der Waals surface area contributed by atoms with Crippen molar-refractivity contribution in [1.82, 2.24) is 0 Å². The molecule has 0 atom stereocenters. The van der Waals surface area contributed by atoms with Crippen molar-refractivity contribution in [3.05, 3.63) is 34.9 Å². The summed E-state index contributed by atoms with van der Waals surface area (Å²) in [7, 11) is 1.44. The summed E-state index contributed by atoms with van der Waals surface area (Å²) in [6, 6.07) is 6.26. The molecule has 0 fully saturated rings. The molecule has 80 valence electrons. The van der Waals surface area contributed by atoms with Crippen LogP contribution in [0.5, 0.6) is 0 Å². The van der Waals surface area contributed by atoms with Crippen molar-refractivity contribution in [2.75, 3.05) is 7.11 Å². The molecular weight excluding hydrogens is 188 g/mol. The Balaban J connectivity index is 2.27. The molecule has 0 radical (unpaired) electrons. The van der Waals surface area contributed by atoms with Crippen LogP contribution in [0.3, 0.4) is 0 Å². The second-order valence-corrected chi connectivity index (χ2v) is 4.01. The summed E-state index contributed by atoms with van der Waals surface area (Å²) < 4.78 is 4.71. The van der Waals surface area contributed by atoms with E-state index in [0.29, 0.717) is 6.42 Å². The van der Waals surface area contributed by atoms with Crippen molar-refractivity contribution in [2.45, 2.75) is 32.1 Å². The highest BCUT2D eigenvalue weighted by Gasteiger charge is 2.14. The molecule has 0 N–H and O–H groups in total. The molecular formula is C13H16O2. The quantitative estimate of drug-likeness (QED) is 0.691. The van der Waals surface area contributed by atoms with E-state index in [-0.39, 0.29) is 5.97 Å². The number of ether oxygens (including phenoxy) is 1. The van der Waals surface area contributed by atoms with E-state index in [4.69, 9.17) is 4.74 Å². The van der Waals surface area contributed by atoms with Crippen molar-refractivity contribution in [3.8, 4) is 0 Å². The highest BCUT2D eigenvalue weighted by molar-refractivity contribution is 5.73. The molecule has 2 heteroatoms. The van der Waals surface area contributed by atoms with Crippen LogP contribution in [-0.4, -0.2) is 13.1 Å². The molecule has 0 bridgehead atoms. The number of carbonyl (C=O) groups excluding carboxylic acids is 1. The highest BCUT2D eigenvalue weighted by Crippen LogP contribution is 2.24. The zero-order chi connectivity index (χ0) is 10.7. The van der Waals surface area contributed by atoms with Gasteiger partial charge in [-0.1, -0.05) is 18.2 Å². The Kier molecular flexibility index (Phi) is 3.05. The lowest BCUT2D eigenvalue weighted by molar-refractivity contribution is -0.139. The van der Waals surface area contributed by atoms with Crippen molar-refractivity contribution in [2.24, 2.45) is 0 Å². The van der Waals surface area contributed by atoms with E-state index in [9.17, 15) is 4.79 Å². The van der Waals surface area contributed by atoms with Crippen LogP contribution in [0.1, 0.15) is 29.5 Å². The maximum Gasteiger partial charge on any atom is 0.309 e. The Morgan fingerprint density at radius 2 is 2.13 bits per heavy atom. The van der Waals surface area contributed by atoms with Gasteiger partial charge in [-0.3, -0.25) is 4.79 Å². The number of hydrogen-bond donors (Lipinski definition) is 0. The van der Waals surface area contributed by atoms with Crippen LogP contribution < -0.4 is 0 Å². The summed E-state index contributed by atoms with van der Waals surface area (Å²) in [5.74, 6) is -0.144. The van der Waals surface area contributed by atoms with Crippen LogP contribution in [0.15, 0.2) is 18.2 Å². The molecule has 1 aliphatic carbocycles. The van der Waals surface area contributed by atoms with E-state index in [0.717, 1.165) is 18.4 Å². The van der Waals surface area contributed by atoms with Crippen molar-refractivity contribution in [1.29, 1.82) is 0 Å². The molecule has 0 unspecified atom stereocenters. The van der Waals surface area contributed by atoms with E-state index >= 15 is 0 Å². The van der Waals surface area contributed by atoms with Crippen LogP contribution in [0.2, 0.25) is 0 Å². The second-order valence-electron chi connectivity index (χ2n) is 4.01. The van der Waals surface area contributed by atoms with Crippen LogP contribution in [0.25, 0.3) is 0 Å². The number of methoxy groups -OCH3 is 1. The fourth-order valence-corrected chi connectivity index (χ4v) is 2.25. The molecule has 0 saturated heterocycles. The van der Waals surface area contributed by atoms with Gasteiger partial charge in [-0.15, -0.1) is 0 Å². The summed E-state index contributed by atoms with van der Waals surface area (Å²) in [4.78, 5) is 11.2. The predicted molar refractivity (Wildman–Crippen MR) is 58.8 cm³/mol. The largest absolute Gasteiger partial charge is 0.469 e. The number of esters is 1. The minimum Gasteiger partial charge on any atom is -0.469 e. The molecule has 1 aliphatic rings. The molecule has 0 spiro atoms. The number of aryl methyl sites for hydroxylation is 1. The Morgan fingerprint density at radius 1 is 1.33 bits per heavy atom. The molecule has 1 aromatic carbocycles. The van der Waals surface area contributed by atoms with Crippen LogP contribution in [0.4, 0.5) is 0 Å². The maximum atomic E-state index is 11.2. The molecule has 0 saturated carbocycles. The first-order chi connectivity index (χ1) is 7.31. The van der Waals surface area contributed by atoms with Gasteiger partial charge < -0.3 is 4.74 Å². The lowest BCUT2D eigenvalue weighted by Crippen LogP contribution is -2.11. The molecule has 1 aromatic rings. The smallest absolute Gasteiger partial charge is 0.309 e. The zero-order valence-electron chi connectivity index (χ0n) is 9.08. The third-order valence-electron chi connectivity index (χ3n) is 3.06. The average molecular weight is 204 g/mol. The Morgan fingerprint density at radius 3 is 2.93 bits per heavy atom. The number of benzene rings is 1. The normalized spacial score (nSPS) is 14.5. The Hall–Kier alpha value is -1.31. The maximum absolute atomic E-state index is 11.2. The number of rotatable bonds is 2. The highest BCUT2D eigenvalue weighted by atomic mass is 16.5. The molecule has 15 heavy (non-hydrogen) atoms. The molecule has 0 aromatic heterocycles. The molecule has 0 heterocycles. The Labute approximate surface area is 90.3 Å². The summed E-state index contributed by atoms with van der Waals surface area (Å²) >= 11 is 0. The predicted octanol–water partition coefficient (Wildman–Crippen LogP) is 2.28. The van der Waals surface area contributed by atoms with Gasteiger partial charge >= 0.3 is 5.97 Å². The van der Waals surface area contributed by atoms with Crippen molar-refractivity contribution in [3.63, 3.8) is 0 Å². The van der Waals surface area contributed by atoms with E-state index in [2.05, 4.69) is 6.07 Å². The first-order valence-corrected chi connectivity index (χ1v) is 5.47. The van der Waals surface area contributed by atoms with E-state index < -0.39 is 0 Å². The monoisotopic (exact) mass is 204 g/mol. The lowest BCUT2D eigenvalue weighted by Gasteiger charge is -2.18. The van der Waals surface area contributed by atoms with Gasteiger partial charge in [-0.25, -0.2) is 0 Å². The third-order valence-corrected chi connectivity index (χ3v) is 3.06. The van der Waals surface area contributed by atoms with Gasteiger partial charge in [0.2, 0.25) is 0 Å². The first kappa shape index (κ1) is 10.2. The van der Waals surface area contributed by atoms with Gasteiger partial charge in [0, 0.05) is 0 Å². The van der Waals surface area contributed by atoms with Gasteiger partial charge in [-0.05, 0) is 42.4 Å². The SMILES string of the molecule is COC(=O)Cc1cccc2c1CCCC2. The molecule has 0 aliphatic heterocycles. The topological polar surface area (TPSA) is 26.3 Å². The van der Waals surface area contributed by atoms with Gasteiger partial charge in [0.05, 0.1) is 13.5 Å². The number of carbonyl (C=O) groups is 1. The summed E-state index contributed by atoms with van der Waals surface area (Å²) in [6.07, 6.45) is 5.20.